The van der Waals surface area contributed by atoms with Gasteiger partial charge in [0.15, 0.2) is 0 Å². The average Bonchev–Trinajstić information content (AvgIpc) is 2.96. The largest absolute Gasteiger partial charge is 0.350 e. The maximum Gasteiger partial charge on any atom is 0.278 e. The van der Waals surface area contributed by atoms with Crippen molar-refractivity contribution in [2.24, 2.45) is 0 Å². The maximum atomic E-state index is 14.2. The molecule has 0 saturated heterocycles. The molecule has 156 valence electrons. The second-order valence-electron chi connectivity index (χ2n) is 7.85. The number of aryl methyl sites for hydroxylation is 3. The van der Waals surface area contributed by atoms with Crippen molar-refractivity contribution in [3.8, 4) is 0 Å². The number of rotatable bonds is 5. The number of nitrogens with zero attached hydrogens (tertiary/aromatic N) is 1. The van der Waals surface area contributed by atoms with Crippen LogP contribution in [-0.2, 0) is 16.1 Å². The van der Waals surface area contributed by atoms with Crippen LogP contribution >= 0.6 is 0 Å². The number of benzene rings is 3. The molecule has 3 aromatic rings. The highest BCUT2D eigenvalue weighted by Gasteiger charge is 2.40. The van der Waals surface area contributed by atoms with E-state index in [0.29, 0.717) is 22.4 Å². The van der Waals surface area contributed by atoms with E-state index in [1.165, 1.54) is 6.07 Å². The summed E-state index contributed by atoms with van der Waals surface area (Å²) in [6, 6.07) is 19.5. The van der Waals surface area contributed by atoms with E-state index in [4.69, 9.17) is 0 Å². The maximum absolute atomic E-state index is 14.2. The van der Waals surface area contributed by atoms with Gasteiger partial charge in [-0.3, -0.25) is 14.5 Å². The van der Waals surface area contributed by atoms with Crippen LogP contribution in [0.2, 0.25) is 0 Å². The van der Waals surface area contributed by atoms with Crippen LogP contribution in [-0.4, -0.2) is 16.7 Å². The van der Waals surface area contributed by atoms with Crippen molar-refractivity contribution in [1.29, 1.82) is 0 Å². The van der Waals surface area contributed by atoms with Crippen molar-refractivity contribution >= 4 is 23.1 Å². The van der Waals surface area contributed by atoms with E-state index in [2.05, 4.69) is 5.32 Å². The summed E-state index contributed by atoms with van der Waals surface area (Å²) < 4.78 is 14.2. The van der Waals surface area contributed by atoms with Gasteiger partial charge in [0.2, 0.25) is 0 Å². The predicted molar refractivity (Wildman–Crippen MR) is 120 cm³/mol. The van der Waals surface area contributed by atoms with E-state index in [1.54, 1.807) is 18.2 Å². The molecule has 5 heteroatoms. The second-order valence-corrected chi connectivity index (χ2v) is 7.85. The standard InChI is InChI=1S/C26H23FN2O2/c1-16-8-11-20(12-9-16)28-24-23(21-13-10-17(2)14-18(21)3)25(30)29(26(24)31)15-19-6-4-5-7-22(19)27/h4-14,28H,15H2,1-3H3. The molecule has 0 radical (unpaired) electrons. The number of hydrogen-bond donors (Lipinski definition) is 1. The van der Waals surface area contributed by atoms with Gasteiger partial charge in [0.25, 0.3) is 11.8 Å². The number of anilines is 1. The molecule has 0 fully saturated rings. The molecule has 31 heavy (non-hydrogen) atoms. The molecule has 1 N–H and O–H groups in total. The first-order valence-corrected chi connectivity index (χ1v) is 10.1. The molecule has 1 heterocycles. The Labute approximate surface area is 181 Å². The summed E-state index contributed by atoms with van der Waals surface area (Å²) in [6.07, 6.45) is 0. The third-order valence-corrected chi connectivity index (χ3v) is 5.43. The van der Waals surface area contributed by atoms with E-state index in [-0.39, 0.29) is 12.2 Å². The fourth-order valence-corrected chi connectivity index (χ4v) is 3.76. The van der Waals surface area contributed by atoms with Crippen molar-refractivity contribution in [3.63, 3.8) is 0 Å². The number of amides is 2. The van der Waals surface area contributed by atoms with Gasteiger partial charge in [-0.25, -0.2) is 4.39 Å². The predicted octanol–water partition coefficient (Wildman–Crippen LogP) is 5.14. The first-order chi connectivity index (χ1) is 14.8. The van der Waals surface area contributed by atoms with Gasteiger partial charge < -0.3 is 5.32 Å². The quantitative estimate of drug-likeness (QED) is 0.588. The van der Waals surface area contributed by atoms with E-state index in [1.807, 2.05) is 63.2 Å². The normalized spacial score (nSPS) is 13.9. The van der Waals surface area contributed by atoms with Crippen LogP contribution in [0.4, 0.5) is 10.1 Å². The molecule has 2 amide bonds. The van der Waals surface area contributed by atoms with Crippen LogP contribution in [0.3, 0.4) is 0 Å². The van der Waals surface area contributed by atoms with E-state index in [9.17, 15) is 14.0 Å². The molecule has 0 unspecified atom stereocenters. The van der Waals surface area contributed by atoms with Gasteiger partial charge in [-0.05, 0) is 50.1 Å². The number of hydrogen-bond acceptors (Lipinski definition) is 3. The summed E-state index contributed by atoms with van der Waals surface area (Å²) in [5.74, 6) is -1.35. The second kappa shape index (κ2) is 8.19. The van der Waals surface area contributed by atoms with Crippen LogP contribution in [0.15, 0.2) is 72.4 Å². The smallest absolute Gasteiger partial charge is 0.278 e. The summed E-state index contributed by atoms with van der Waals surface area (Å²) in [5, 5.41) is 3.14. The summed E-state index contributed by atoms with van der Waals surface area (Å²) in [7, 11) is 0. The molecular formula is C26H23FN2O2. The van der Waals surface area contributed by atoms with E-state index >= 15 is 0 Å². The van der Waals surface area contributed by atoms with Gasteiger partial charge in [0, 0.05) is 11.3 Å². The Hall–Kier alpha value is -3.73. The van der Waals surface area contributed by atoms with E-state index in [0.717, 1.165) is 21.6 Å². The van der Waals surface area contributed by atoms with Gasteiger partial charge in [0.1, 0.15) is 11.5 Å². The lowest BCUT2D eigenvalue weighted by atomic mass is 9.97. The van der Waals surface area contributed by atoms with Gasteiger partial charge in [-0.1, -0.05) is 59.7 Å². The van der Waals surface area contributed by atoms with Crippen molar-refractivity contribution in [2.75, 3.05) is 5.32 Å². The molecular weight excluding hydrogens is 391 g/mol. The zero-order valence-corrected chi connectivity index (χ0v) is 17.7. The van der Waals surface area contributed by atoms with Crippen LogP contribution < -0.4 is 5.32 Å². The van der Waals surface area contributed by atoms with E-state index < -0.39 is 17.6 Å². The fraction of sp³-hybridized carbons (Fsp3) is 0.154. The van der Waals surface area contributed by atoms with Crippen LogP contribution in [0.1, 0.15) is 27.8 Å². The van der Waals surface area contributed by atoms with Crippen molar-refractivity contribution < 1.29 is 14.0 Å². The summed E-state index contributed by atoms with van der Waals surface area (Å²) in [4.78, 5) is 27.8. The highest BCUT2D eigenvalue weighted by molar-refractivity contribution is 6.36. The van der Waals surface area contributed by atoms with Gasteiger partial charge in [-0.15, -0.1) is 0 Å². The van der Waals surface area contributed by atoms with Gasteiger partial charge >= 0.3 is 0 Å². The van der Waals surface area contributed by atoms with Crippen LogP contribution in [0.25, 0.3) is 5.57 Å². The third kappa shape index (κ3) is 3.99. The Morgan fingerprint density at radius 3 is 2.19 bits per heavy atom. The minimum absolute atomic E-state index is 0.127. The number of nitrogens with one attached hydrogen (secondary N) is 1. The van der Waals surface area contributed by atoms with Gasteiger partial charge in [-0.2, -0.15) is 0 Å². The third-order valence-electron chi connectivity index (χ3n) is 5.43. The molecule has 0 bridgehead atoms. The lowest BCUT2D eigenvalue weighted by molar-refractivity contribution is -0.137. The Kier molecular flexibility index (Phi) is 5.42. The number of carbonyl (C=O) groups excluding carboxylic acids is 2. The Bertz CT molecular complexity index is 1210. The fourth-order valence-electron chi connectivity index (χ4n) is 3.76. The topological polar surface area (TPSA) is 49.4 Å². The van der Waals surface area contributed by atoms with Crippen molar-refractivity contribution in [3.05, 3.63) is 106 Å². The Morgan fingerprint density at radius 1 is 0.839 bits per heavy atom. The Balaban J connectivity index is 1.78. The molecule has 0 aliphatic carbocycles. The molecule has 3 aromatic carbocycles. The van der Waals surface area contributed by atoms with Crippen molar-refractivity contribution in [1.82, 2.24) is 4.90 Å². The zero-order chi connectivity index (χ0) is 22.1. The monoisotopic (exact) mass is 414 g/mol. The molecule has 1 aliphatic heterocycles. The van der Waals surface area contributed by atoms with Gasteiger partial charge in [0.05, 0.1) is 12.1 Å². The first-order valence-electron chi connectivity index (χ1n) is 10.1. The Morgan fingerprint density at radius 2 is 1.52 bits per heavy atom. The molecule has 0 atom stereocenters. The number of carbonyl (C=O) groups is 2. The molecule has 4 rings (SSSR count). The lowest BCUT2D eigenvalue weighted by Crippen LogP contribution is -2.32. The molecule has 4 nitrogen and oxygen atoms in total. The molecule has 0 spiro atoms. The first kappa shape index (κ1) is 20.5. The SMILES string of the molecule is Cc1ccc(NC2=C(c3ccc(C)cc3C)C(=O)N(Cc3ccccc3F)C2=O)cc1. The molecule has 1 aliphatic rings. The van der Waals surface area contributed by atoms with Crippen molar-refractivity contribution in [2.45, 2.75) is 27.3 Å². The van der Waals surface area contributed by atoms with Crippen LogP contribution in [0.5, 0.6) is 0 Å². The number of halogens is 1. The minimum atomic E-state index is -0.469. The van der Waals surface area contributed by atoms with Crippen LogP contribution in [0, 0.1) is 26.6 Å². The summed E-state index contributed by atoms with van der Waals surface area (Å²) >= 11 is 0. The zero-order valence-electron chi connectivity index (χ0n) is 17.7. The minimum Gasteiger partial charge on any atom is -0.350 e. The molecule has 0 saturated carbocycles. The summed E-state index contributed by atoms with van der Waals surface area (Å²) in [5.41, 5.74) is 5.25. The number of imide groups is 1. The lowest BCUT2D eigenvalue weighted by Gasteiger charge is -2.16. The summed E-state index contributed by atoms with van der Waals surface area (Å²) in [6.45, 7) is 5.74. The molecule has 0 aromatic heterocycles. The highest BCUT2D eigenvalue weighted by atomic mass is 19.1. The average molecular weight is 414 g/mol. The highest BCUT2D eigenvalue weighted by Crippen LogP contribution is 2.33.